The van der Waals surface area contributed by atoms with Crippen LogP contribution >= 0.6 is 11.3 Å². The van der Waals surface area contributed by atoms with Crippen LogP contribution in [-0.4, -0.2) is 53.5 Å². The van der Waals surface area contributed by atoms with Crippen molar-refractivity contribution in [2.24, 2.45) is 0 Å². The number of hydrogen-bond acceptors (Lipinski definition) is 5. The van der Waals surface area contributed by atoms with Crippen LogP contribution in [0, 0.1) is 5.82 Å². The highest BCUT2D eigenvalue weighted by molar-refractivity contribution is 7.11. The first-order valence-electron chi connectivity index (χ1n) is 8.23. The summed E-state index contributed by atoms with van der Waals surface area (Å²) in [6, 6.07) is 9.65. The molecule has 1 aromatic heterocycles. The summed E-state index contributed by atoms with van der Waals surface area (Å²) < 4.78 is 13.0. The Balaban J connectivity index is 1.85. The number of imide groups is 1. The molecule has 0 unspecified atom stereocenters. The summed E-state index contributed by atoms with van der Waals surface area (Å²) in [5, 5.41) is 11.1. The molecule has 3 rings (SSSR count). The van der Waals surface area contributed by atoms with Gasteiger partial charge in [-0.1, -0.05) is 18.2 Å². The summed E-state index contributed by atoms with van der Waals surface area (Å²) in [7, 11) is 1.69. The van der Waals surface area contributed by atoms with E-state index in [9.17, 15) is 19.1 Å². The number of amides is 2. The quantitative estimate of drug-likeness (QED) is 0.755. The predicted molar refractivity (Wildman–Crippen MR) is 97.8 cm³/mol. The van der Waals surface area contributed by atoms with E-state index in [2.05, 4.69) is 0 Å². The van der Waals surface area contributed by atoms with Crippen LogP contribution in [-0.2, 0) is 16.0 Å². The molecule has 1 aliphatic rings. The third-order valence-corrected chi connectivity index (χ3v) is 5.15. The van der Waals surface area contributed by atoms with Crippen molar-refractivity contribution >= 4 is 28.7 Å². The van der Waals surface area contributed by atoms with Crippen LogP contribution in [0.25, 0.3) is 5.57 Å². The van der Waals surface area contributed by atoms with Crippen LogP contribution in [0.2, 0.25) is 0 Å². The van der Waals surface area contributed by atoms with Gasteiger partial charge < -0.3 is 10.0 Å². The molecule has 136 valence electrons. The summed E-state index contributed by atoms with van der Waals surface area (Å²) in [4.78, 5) is 29.4. The number of likely N-dealkylation sites (N-methyl/N-ethyl adjacent to an activating group) is 1. The zero-order valence-corrected chi connectivity index (χ0v) is 15.1. The second-order valence-corrected chi connectivity index (χ2v) is 6.93. The van der Waals surface area contributed by atoms with E-state index in [0.29, 0.717) is 17.7 Å². The number of halogens is 1. The van der Waals surface area contributed by atoms with Gasteiger partial charge in [0.2, 0.25) is 0 Å². The SMILES string of the molecule is CN(CCO)C1=C(c2cccs2)C(=O)N(CCc2ccc(F)cc2)C1=O. The maximum absolute atomic E-state index is 13.0. The van der Waals surface area contributed by atoms with Crippen molar-refractivity contribution in [1.29, 1.82) is 0 Å². The van der Waals surface area contributed by atoms with E-state index in [-0.39, 0.29) is 37.3 Å². The lowest BCUT2D eigenvalue weighted by Crippen LogP contribution is -2.36. The Morgan fingerprint density at radius 3 is 2.50 bits per heavy atom. The average Bonchev–Trinajstić information content (AvgIpc) is 3.22. The van der Waals surface area contributed by atoms with Gasteiger partial charge in [0.15, 0.2) is 0 Å². The highest BCUT2D eigenvalue weighted by atomic mass is 32.1. The predicted octanol–water partition coefficient (Wildman–Crippen LogP) is 2.13. The molecule has 0 bridgehead atoms. The minimum Gasteiger partial charge on any atom is -0.395 e. The summed E-state index contributed by atoms with van der Waals surface area (Å²) in [6.45, 7) is 0.360. The minimum absolute atomic E-state index is 0.116. The smallest absolute Gasteiger partial charge is 0.277 e. The van der Waals surface area contributed by atoms with Crippen LogP contribution in [0.4, 0.5) is 4.39 Å². The number of benzene rings is 1. The number of thiophene rings is 1. The van der Waals surface area contributed by atoms with Crippen molar-refractivity contribution in [3.05, 3.63) is 63.7 Å². The van der Waals surface area contributed by atoms with Gasteiger partial charge >= 0.3 is 0 Å². The maximum atomic E-state index is 13.0. The van der Waals surface area contributed by atoms with Crippen LogP contribution < -0.4 is 0 Å². The van der Waals surface area contributed by atoms with E-state index in [1.54, 1.807) is 30.1 Å². The summed E-state index contributed by atoms with van der Waals surface area (Å²) >= 11 is 1.39. The molecule has 2 amide bonds. The van der Waals surface area contributed by atoms with Gasteiger partial charge in [0.25, 0.3) is 11.8 Å². The standard InChI is InChI=1S/C19H19FN2O3S/c1-21(10-11-23)17-16(15-3-2-12-26-15)18(24)22(19(17)25)9-8-13-4-6-14(20)7-5-13/h2-7,12,23H,8-11H2,1H3. The Morgan fingerprint density at radius 1 is 1.15 bits per heavy atom. The Bertz CT molecular complexity index is 831. The van der Waals surface area contributed by atoms with E-state index in [4.69, 9.17) is 0 Å². The molecule has 2 heterocycles. The lowest BCUT2D eigenvalue weighted by atomic mass is 10.1. The third kappa shape index (κ3) is 3.54. The zero-order valence-electron chi connectivity index (χ0n) is 14.3. The Hall–Kier alpha value is -2.51. The molecule has 0 saturated carbocycles. The van der Waals surface area contributed by atoms with Gasteiger partial charge in [-0.2, -0.15) is 0 Å². The number of rotatable bonds is 7. The molecule has 1 aromatic carbocycles. The first-order chi connectivity index (χ1) is 12.5. The molecule has 1 aliphatic heterocycles. The summed E-state index contributed by atoms with van der Waals surface area (Å²) in [5.74, 6) is -1.02. The molecular weight excluding hydrogens is 355 g/mol. The van der Waals surface area contributed by atoms with E-state index >= 15 is 0 Å². The molecule has 2 aromatic rings. The van der Waals surface area contributed by atoms with Gasteiger partial charge in [0.05, 0.1) is 12.2 Å². The normalized spacial score (nSPS) is 14.5. The average molecular weight is 374 g/mol. The first-order valence-corrected chi connectivity index (χ1v) is 9.11. The van der Waals surface area contributed by atoms with Gasteiger partial charge in [0, 0.05) is 25.0 Å². The van der Waals surface area contributed by atoms with Gasteiger partial charge in [-0.25, -0.2) is 4.39 Å². The van der Waals surface area contributed by atoms with Gasteiger partial charge in [-0.05, 0) is 35.6 Å². The van der Waals surface area contributed by atoms with E-state index in [0.717, 1.165) is 10.4 Å². The number of aliphatic hydroxyl groups is 1. The first kappa shape index (κ1) is 18.3. The Morgan fingerprint density at radius 2 is 1.88 bits per heavy atom. The number of carbonyl (C=O) groups excluding carboxylic acids is 2. The molecule has 26 heavy (non-hydrogen) atoms. The fourth-order valence-corrected chi connectivity index (χ4v) is 3.68. The molecule has 1 N–H and O–H groups in total. The van der Waals surface area contributed by atoms with Crippen LogP contribution in [0.3, 0.4) is 0 Å². The van der Waals surface area contributed by atoms with E-state index in [1.807, 2.05) is 11.4 Å². The van der Waals surface area contributed by atoms with E-state index in [1.165, 1.54) is 28.4 Å². The third-order valence-electron chi connectivity index (χ3n) is 4.27. The van der Waals surface area contributed by atoms with Crippen molar-refractivity contribution in [1.82, 2.24) is 9.80 Å². The zero-order chi connectivity index (χ0) is 18.7. The lowest BCUT2D eigenvalue weighted by Gasteiger charge is -2.20. The monoisotopic (exact) mass is 374 g/mol. The fraction of sp³-hybridized carbons (Fsp3) is 0.263. The molecule has 0 aliphatic carbocycles. The molecular formula is C19H19FN2O3S. The molecule has 0 radical (unpaired) electrons. The van der Waals surface area contributed by atoms with E-state index < -0.39 is 0 Å². The number of aliphatic hydroxyl groups excluding tert-OH is 1. The Kier molecular flexibility index (Phi) is 5.49. The van der Waals surface area contributed by atoms with Crippen LogP contribution in [0.5, 0.6) is 0 Å². The highest BCUT2D eigenvalue weighted by Crippen LogP contribution is 2.33. The molecule has 0 atom stereocenters. The minimum atomic E-state index is -0.364. The van der Waals surface area contributed by atoms with Crippen molar-refractivity contribution in [3.8, 4) is 0 Å². The van der Waals surface area contributed by atoms with Crippen molar-refractivity contribution < 1.29 is 19.1 Å². The van der Waals surface area contributed by atoms with Crippen molar-refractivity contribution in [3.63, 3.8) is 0 Å². The molecule has 0 saturated heterocycles. The second-order valence-electron chi connectivity index (χ2n) is 5.98. The molecule has 7 heteroatoms. The number of hydrogen-bond donors (Lipinski definition) is 1. The second kappa shape index (κ2) is 7.80. The highest BCUT2D eigenvalue weighted by Gasteiger charge is 2.40. The summed E-state index contributed by atoms with van der Waals surface area (Å²) in [6.07, 6.45) is 0.451. The fourth-order valence-electron chi connectivity index (χ4n) is 2.92. The van der Waals surface area contributed by atoms with Crippen LogP contribution in [0.1, 0.15) is 10.4 Å². The van der Waals surface area contributed by atoms with Crippen molar-refractivity contribution in [2.45, 2.75) is 6.42 Å². The molecule has 0 fully saturated rings. The molecule has 5 nitrogen and oxygen atoms in total. The van der Waals surface area contributed by atoms with Gasteiger partial charge in [0.1, 0.15) is 11.5 Å². The van der Waals surface area contributed by atoms with Gasteiger partial charge in [-0.3, -0.25) is 14.5 Å². The van der Waals surface area contributed by atoms with Gasteiger partial charge in [-0.15, -0.1) is 11.3 Å². The largest absolute Gasteiger partial charge is 0.395 e. The summed E-state index contributed by atoms with van der Waals surface area (Å²) in [5.41, 5.74) is 1.53. The lowest BCUT2D eigenvalue weighted by molar-refractivity contribution is -0.137. The molecule has 0 spiro atoms. The van der Waals surface area contributed by atoms with Crippen molar-refractivity contribution in [2.75, 3.05) is 26.7 Å². The topological polar surface area (TPSA) is 60.9 Å². The van der Waals surface area contributed by atoms with Crippen LogP contribution in [0.15, 0.2) is 47.5 Å². The number of carbonyl (C=O) groups is 2. The number of nitrogens with zero attached hydrogens (tertiary/aromatic N) is 2. The maximum Gasteiger partial charge on any atom is 0.277 e. The Labute approximate surface area is 155 Å².